The molecule has 0 saturated heterocycles. The zero-order valence-electron chi connectivity index (χ0n) is 11.1. The summed E-state index contributed by atoms with van der Waals surface area (Å²) in [6, 6.07) is 10.8. The van der Waals surface area contributed by atoms with Crippen LogP contribution in [0.3, 0.4) is 0 Å². The van der Waals surface area contributed by atoms with Crippen LogP contribution in [0.2, 0.25) is 0 Å². The zero-order valence-corrected chi connectivity index (χ0v) is 11.1. The van der Waals surface area contributed by atoms with Gasteiger partial charge in [-0.15, -0.1) is 0 Å². The Morgan fingerprint density at radius 1 is 1.33 bits per heavy atom. The second-order valence-electron chi connectivity index (χ2n) is 5.00. The van der Waals surface area contributed by atoms with Crippen LogP contribution in [-0.4, -0.2) is 37.0 Å². The fraction of sp³-hybridized carbons (Fsp3) is 0.533. The van der Waals surface area contributed by atoms with Gasteiger partial charge in [0.1, 0.15) is 0 Å². The van der Waals surface area contributed by atoms with Gasteiger partial charge in [-0.1, -0.05) is 30.3 Å². The first-order valence-corrected chi connectivity index (χ1v) is 6.77. The van der Waals surface area contributed by atoms with E-state index in [0.717, 1.165) is 13.0 Å². The van der Waals surface area contributed by atoms with Gasteiger partial charge in [-0.05, 0) is 37.8 Å². The van der Waals surface area contributed by atoms with E-state index in [-0.39, 0.29) is 5.91 Å². The van der Waals surface area contributed by atoms with Gasteiger partial charge < -0.3 is 10.2 Å². The van der Waals surface area contributed by atoms with Gasteiger partial charge in [-0.3, -0.25) is 4.79 Å². The first kappa shape index (κ1) is 13.1. The van der Waals surface area contributed by atoms with Crippen LogP contribution in [0.25, 0.3) is 0 Å². The van der Waals surface area contributed by atoms with Crippen molar-refractivity contribution in [3.05, 3.63) is 35.9 Å². The molecule has 0 heterocycles. The van der Waals surface area contributed by atoms with E-state index in [0.29, 0.717) is 12.6 Å². The van der Waals surface area contributed by atoms with E-state index in [1.54, 1.807) is 0 Å². The molecule has 1 aliphatic carbocycles. The number of likely N-dealkylation sites (N-methyl/N-ethyl adjacent to an activating group) is 1. The predicted octanol–water partition coefficient (Wildman–Crippen LogP) is 1.83. The molecular formula is C15H22N2O. The smallest absolute Gasteiger partial charge is 0.236 e. The lowest BCUT2D eigenvalue weighted by Crippen LogP contribution is -2.45. The quantitative estimate of drug-likeness (QED) is 0.777. The molecule has 3 nitrogen and oxygen atoms in total. The van der Waals surface area contributed by atoms with Crippen LogP contribution in [-0.2, 0) is 11.2 Å². The Hall–Kier alpha value is -1.35. The van der Waals surface area contributed by atoms with Crippen molar-refractivity contribution in [2.75, 3.05) is 20.1 Å². The number of hydrogen-bond acceptors (Lipinski definition) is 2. The van der Waals surface area contributed by atoms with E-state index in [2.05, 4.69) is 17.4 Å². The summed E-state index contributed by atoms with van der Waals surface area (Å²) < 4.78 is 0. The van der Waals surface area contributed by atoms with Gasteiger partial charge in [0, 0.05) is 13.1 Å². The first-order chi connectivity index (χ1) is 8.77. The molecular weight excluding hydrogens is 224 g/mol. The zero-order chi connectivity index (χ0) is 12.8. The number of nitrogens with one attached hydrogen (secondary N) is 1. The van der Waals surface area contributed by atoms with Crippen molar-refractivity contribution in [3.8, 4) is 0 Å². The maximum absolute atomic E-state index is 11.9. The normalized spacial score (nSPS) is 15.2. The third kappa shape index (κ3) is 3.57. The lowest BCUT2D eigenvalue weighted by atomic mass is 9.92. The molecule has 0 unspecified atom stereocenters. The molecule has 0 aliphatic heterocycles. The van der Waals surface area contributed by atoms with Crippen molar-refractivity contribution < 1.29 is 4.79 Å². The average molecular weight is 246 g/mol. The summed E-state index contributed by atoms with van der Waals surface area (Å²) in [4.78, 5) is 13.8. The fourth-order valence-corrected chi connectivity index (χ4v) is 2.18. The third-order valence-electron chi connectivity index (χ3n) is 3.73. The molecule has 98 valence electrons. The van der Waals surface area contributed by atoms with Gasteiger partial charge in [0.15, 0.2) is 0 Å². The lowest BCUT2D eigenvalue weighted by molar-refractivity contribution is -0.132. The van der Waals surface area contributed by atoms with E-state index >= 15 is 0 Å². The Balaban J connectivity index is 1.61. The maximum atomic E-state index is 11.9. The van der Waals surface area contributed by atoms with Crippen LogP contribution in [0.4, 0.5) is 0 Å². The van der Waals surface area contributed by atoms with Gasteiger partial charge in [-0.25, -0.2) is 0 Å². The van der Waals surface area contributed by atoms with Gasteiger partial charge in [0.2, 0.25) is 5.91 Å². The standard InChI is InChI=1S/C15H22N2O/c1-17(14-8-5-9-14)15(18)12-16-11-10-13-6-3-2-4-7-13/h2-4,6-7,14,16H,5,8-12H2,1H3. The fourth-order valence-electron chi connectivity index (χ4n) is 2.18. The van der Waals surface area contributed by atoms with E-state index in [9.17, 15) is 4.79 Å². The molecule has 1 aromatic rings. The minimum absolute atomic E-state index is 0.216. The second kappa shape index (κ2) is 6.55. The van der Waals surface area contributed by atoms with Crippen LogP contribution in [0.15, 0.2) is 30.3 Å². The summed E-state index contributed by atoms with van der Waals surface area (Å²) in [6.45, 7) is 1.31. The highest BCUT2D eigenvalue weighted by atomic mass is 16.2. The average Bonchev–Trinajstić information content (AvgIpc) is 2.33. The van der Waals surface area contributed by atoms with Gasteiger partial charge in [0.25, 0.3) is 0 Å². The minimum Gasteiger partial charge on any atom is -0.342 e. The largest absolute Gasteiger partial charge is 0.342 e. The molecule has 3 heteroatoms. The van der Waals surface area contributed by atoms with Crippen molar-refractivity contribution in [1.29, 1.82) is 0 Å². The number of carbonyl (C=O) groups excluding carboxylic acids is 1. The molecule has 1 aromatic carbocycles. The van der Waals surface area contributed by atoms with E-state index in [1.165, 1.54) is 24.8 Å². The molecule has 1 fully saturated rings. The Bertz CT molecular complexity index is 373. The van der Waals surface area contributed by atoms with Crippen molar-refractivity contribution >= 4 is 5.91 Å². The molecule has 1 N–H and O–H groups in total. The summed E-state index contributed by atoms with van der Waals surface area (Å²) >= 11 is 0. The summed E-state index contributed by atoms with van der Waals surface area (Å²) in [7, 11) is 1.92. The molecule has 0 bridgehead atoms. The van der Waals surface area contributed by atoms with Crippen LogP contribution in [0.5, 0.6) is 0 Å². The number of carbonyl (C=O) groups is 1. The molecule has 2 rings (SSSR count). The SMILES string of the molecule is CN(C(=O)CNCCc1ccccc1)C1CCC1. The molecule has 0 radical (unpaired) electrons. The predicted molar refractivity (Wildman–Crippen MR) is 73.4 cm³/mol. The third-order valence-corrected chi connectivity index (χ3v) is 3.73. The van der Waals surface area contributed by atoms with Crippen LogP contribution in [0, 0.1) is 0 Å². The molecule has 0 aromatic heterocycles. The number of rotatable bonds is 6. The van der Waals surface area contributed by atoms with Gasteiger partial charge in [0.05, 0.1) is 6.54 Å². The Labute approximate surface area is 109 Å². The van der Waals surface area contributed by atoms with Crippen LogP contribution < -0.4 is 5.32 Å². The lowest BCUT2D eigenvalue weighted by Gasteiger charge is -2.34. The number of benzene rings is 1. The van der Waals surface area contributed by atoms with Crippen molar-refractivity contribution in [2.24, 2.45) is 0 Å². The minimum atomic E-state index is 0.216. The maximum Gasteiger partial charge on any atom is 0.236 e. The van der Waals surface area contributed by atoms with Crippen molar-refractivity contribution in [3.63, 3.8) is 0 Å². The summed E-state index contributed by atoms with van der Waals surface area (Å²) in [5, 5.41) is 3.23. The topological polar surface area (TPSA) is 32.3 Å². The monoisotopic (exact) mass is 246 g/mol. The molecule has 1 amide bonds. The van der Waals surface area contributed by atoms with Crippen LogP contribution in [0.1, 0.15) is 24.8 Å². The molecule has 18 heavy (non-hydrogen) atoms. The van der Waals surface area contributed by atoms with Crippen LogP contribution >= 0.6 is 0 Å². The second-order valence-corrected chi connectivity index (χ2v) is 5.00. The van der Waals surface area contributed by atoms with Gasteiger partial charge in [-0.2, -0.15) is 0 Å². The summed E-state index contributed by atoms with van der Waals surface area (Å²) in [5.41, 5.74) is 1.31. The van der Waals surface area contributed by atoms with Crippen molar-refractivity contribution in [2.45, 2.75) is 31.7 Å². The van der Waals surface area contributed by atoms with Crippen molar-refractivity contribution in [1.82, 2.24) is 10.2 Å². The summed E-state index contributed by atoms with van der Waals surface area (Å²) in [5.74, 6) is 0.216. The molecule has 0 spiro atoms. The van der Waals surface area contributed by atoms with E-state index in [1.807, 2.05) is 30.1 Å². The number of amides is 1. The number of hydrogen-bond donors (Lipinski definition) is 1. The molecule has 1 aliphatic rings. The Kier molecular flexibility index (Phi) is 4.76. The number of nitrogens with zero attached hydrogens (tertiary/aromatic N) is 1. The molecule has 0 atom stereocenters. The Morgan fingerprint density at radius 2 is 2.06 bits per heavy atom. The first-order valence-electron chi connectivity index (χ1n) is 6.77. The highest BCUT2D eigenvalue weighted by Crippen LogP contribution is 2.23. The molecule has 1 saturated carbocycles. The van der Waals surface area contributed by atoms with E-state index < -0.39 is 0 Å². The highest BCUT2D eigenvalue weighted by Gasteiger charge is 2.24. The van der Waals surface area contributed by atoms with E-state index in [4.69, 9.17) is 0 Å². The summed E-state index contributed by atoms with van der Waals surface area (Å²) in [6.07, 6.45) is 4.59. The van der Waals surface area contributed by atoms with Gasteiger partial charge >= 0.3 is 0 Å². The highest BCUT2D eigenvalue weighted by molar-refractivity contribution is 5.78. The Morgan fingerprint density at radius 3 is 2.67 bits per heavy atom.